The van der Waals surface area contributed by atoms with E-state index in [2.05, 4.69) is 0 Å². The third-order valence-electron chi connectivity index (χ3n) is 10.6. The Morgan fingerprint density at radius 2 is 1.61 bits per heavy atom. The molecule has 0 heterocycles. The molecule has 3 aliphatic carbocycles. The highest BCUT2D eigenvalue weighted by Gasteiger charge is 2.75. The van der Waals surface area contributed by atoms with E-state index in [9.17, 15) is 34.8 Å². The molecule has 11 heteroatoms. The van der Waals surface area contributed by atoms with E-state index in [0.29, 0.717) is 33.9 Å². The van der Waals surface area contributed by atoms with Crippen LogP contribution in [0.4, 0.5) is 0 Å². The molecule has 2 unspecified atom stereocenters. The van der Waals surface area contributed by atoms with Crippen molar-refractivity contribution in [1.29, 1.82) is 0 Å². The molecular formula is C33H41NO10. The van der Waals surface area contributed by atoms with Gasteiger partial charge in [0.2, 0.25) is 11.7 Å². The molecule has 0 radical (unpaired) electrons. The number of ether oxygens (including phenoxy) is 3. The molecule has 3 aliphatic rings. The highest BCUT2D eigenvalue weighted by Crippen LogP contribution is 2.66. The first-order chi connectivity index (χ1) is 20.5. The number of hydrogen-bond acceptors (Lipinski definition) is 10. The fraction of sp³-hybridized carbons (Fsp3) is 0.545. The van der Waals surface area contributed by atoms with E-state index in [1.54, 1.807) is 39.0 Å². The van der Waals surface area contributed by atoms with Gasteiger partial charge in [0, 0.05) is 5.41 Å². The molecule has 0 spiro atoms. The van der Waals surface area contributed by atoms with Crippen LogP contribution in [-0.2, 0) is 16.0 Å². The number of rotatable bonds is 6. The lowest BCUT2D eigenvalue weighted by Gasteiger charge is -2.66. The van der Waals surface area contributed by atoms with Crippen LogP contribution in [0, 0.1) is 34.5 Å². The monoisotopic (exact) mass is 611 g/mol. The number of phenolic OH excluding ortho intramolecular Hbond substituents is 1. The number of ketones is 2. The Kier molecular flexibility index (Phi) is 7.55. The van der Waals surface area contributed by atoms with Gasteiger partial charge in [-0.15, -0.1) is 0 Å². The number of methoxy groups -OCH3 is 3. The minimum absolute atomic E-state index is 0.0277. The van der Waals surface area contributed by atoms with Gasteiger partial charge in [0.05, 0.1) is 38.9 Å². The SMILES string of the molecule is COc1cc(-c2ccc(O)c3c2C[C@]2(C)C[C@]4(C)[C@@H](C(C)C)C(O)[C@@H](C(N)=O)C(=O)[C@]4(O)C(O)[C@H]2C3=O)cc(OC)c1OC. The van der Waals surface area contributed by atoms with Gasteiger partial charge in [-0.05, 0) is 65.0 Å². The normalized spacial score (nSPS) is 34.6. The van der Waals surface area contributed by atoms with Gasteiger partial charge in [0.15, 0.2) is 28.7 Å². The van der Waals surface area contributed by atoms with Crippen LogP contribution in [0.15, 0.2) is 24.3 Å². The Hall–Kier alpha value is -3.67. The summed E-state index contributed by atoms with van der Waals surface area (Å²) in [6.07, 6.45) is -3.22. The van der Waals surface area contributed by atoms with Gasteiger partial charge in [-0.25, -0.2) is 0 Å². The quantitative estimate of drug-likeness (QED) is 0.304. The fourth-order valence-electron chi connectivity index (χ4n) is 9.04. The lowest BCUT2D eigenvalue weighted by Crippen LogP contribution is -2.79. The van der Waals surface area contributed by atoms with Crippen molar-refractivity contribution in [3.8, 4) is 34.1 Å². The van der Waals surface area contributed by atoms with E-state index in [-0.39, 0.29) is 30.1 Å². The number of aliphatic hydroxyl groups is 3. The van der Waals surface area contributed by atoms with Crippen molar-refractivity contribution in [3.63, 3.8) is 0 Å². The second-order valence-electron chi connectivity index (χ2n) is 13.4. The maximum atomic E-state index is 14.4. The molecule has 5 rings (SSSR count). The standard InChI is InChI=1S/C33H41NO10/c1-14(2)23-26(37)22(30(34)40)28(38)33(41)29(39)24-25(36)21-17(12-31(24,3)13-32(23,33)4)16(8-9-18(21)35)15-10-19(42-5)27(44-7)20(11-15)43-6/h8-11,14,22-24,26,29,35,37,39,41H,12-13H2,1-7H3,(H2,34,40)/t22-,23+,24-,26?,29?,31-,32-,33+/m1/s1. The lowest BCUT2D eigenvalue weighted by atomic mass is 9.39. The van der Waals surface area contributed by atoms with Crippen molar-refractivity contribution in [2.45, 2.75) is 58.3 Å². The average molecular weight is 612 g/mol. The predicted molar refractivity (Wildman–Crippen MR) is 159 cm³/mol. The number of aliphatic hydroxyl groups excluding tert-OH is 2. The molecule has 0 aliphatic heterocycles. The zero-order chi connectivity index (χ0) is 32.7. The smallest absolute Gasteiger partial charge is 0.230 e. The maximum absolute atomic E-state index is 14.4. The minimum Gasteiger partial charge on any atom is -0.507 e. The summed E-state index contributed by atoms with van der Waals surface area (Å²) in [6.45, 7) is 7.04. The fourth-order valence-corrected chi connectivity index (χ4v) is 9.04. The zero-order valence-electron chi connectivity index (χ0n) is 26.0. The van der Waals surface area contributed by atoms with E-state index >= 15 is 0 Å². The van der Waals surface area contributed by atoms with Gasteiger partial charge >= 0.3 is 0 Å². The first-order valence-corrected chi connectivity index (χ1v) is 14.7. The predicted octanol–water partition coefficient (Wildman–Crippen LogP) is 2.27. The van der Waals surface area contributed by atoms with E-state index in [1.165, 1.54) is 27.4 Å². The number of carbonyl (C=O) groups is 3. The van der Waals surface area contributed by atoms with Crippen molar-refractivity contribution in [3.05, 3.63) is 35.4 Å². The first kappa shape index (κ1) is 31.7. The number of fused-ring (bicyclic) bond motifs is 3. The molecule has 1 amide bonds. The largest absolute Gasteiger partial charge is 0.507 e. The number of Topliss-reactive ketones (excluding diaryl/α,β-unsaturated/α-hetero) is 2. The molecule has 2 fully saturated rings. The summed E-state index contributed by atoms with van der Waals surface area (Å²) in [4.78, 5) is 40.7. The van der Waals surface area contributed by atoms with Crippen LogP contribution in [-0.4, -0.2) is 77.0 Å². The number of primary amides is 1. The molecular weight excluding hydrogens is 570 g/mol. The minimum atomic E-state index is -2.57. The van der Waals surface area contributed by atoms with Crippen molar-refractivity contribution in [2.24, 2.45) is 40.2 Å². The van der Waals surface area contributed by atoms with Crippen molar-refractivity contribution >= 4 is 17.5 Å². The summed E-state index contributed by atoms with van der Waals surface area (Å²) < 4.78 is 16.5. The third kappa shape index (κ3) is 4.02. The van der Waals surface area contributed by atoms with Crippen molar-refractivity contribution < 1.29 is 49.0 Å². The van der Waals surface area contributed by atoms with Crippen molar-refractivity contribution in [1.82, 2.24) is 0 Å². The molecule has 0 saturated heterocycles. The van der Waals surface area contributed by atoms with Crippen LogP contribution in [0.1, 0.15) is 50.0 Å². The van der Waals surface area contributed by atoms with E-state index in [4.69, 9.17) is 19.9 Å². The van der Waals surface area contributed by atoms with Gasteiger partial charge in [-0.1, -0.05) is 33.8 Å². The summed E-state index contributed by atoms with van der Waals surface area (Å²) in [5.74, 6) is -6.24. The van der Waals surface area contributed by atoms with Crippen LogP contribution in [0.3, 0.4) is 0 Å². The van der Waals surface area contributed by atoms with E-state index < -0.39 is 63.9 Å². The third-order valence-corrected chi connectivity index (χ3v) is 10.6. The van der Waals surface area contributed by atoms with Gasteiger partial charge in [-0.3, -0.25) is 14.4 Å². The molecule has 2 aromatic carbocycles. The number of benzene rings is 2. The molecule has 238 valence electrons. The van der Waals surface area contributed by atoms with Crippen LogP contribution in [0.25, 0.3) is 11.1 Å². The maximum Gasteiger partial charge on any atom is 0.230 e. The van der Waals surface area contributed by atoms with Crippen LogP contribution in [0.5, 0.6) is 23.0 Å². The van der Waals surface area contributed by atoms with Gasteiger partial charge in [0.1, 0.15) is 17.8 Å². The number of carbonyl (C=O) groups excluding carboxylic acids is 3. The molecule has 44 heavy (non-hydrogen) atoms. The average Bonchev–Trinajstić information content (AvgIpc) is 2.93. The van der Waals surface area contributed by atoms with Crippen LogP contribution < -0.4 is 19.9 Å². The number of hydrogen-bond donors (Lipinski definition) is 5. The van der Waals surface area contributed by atoms with Gasteiger partial charge in [-0.2, -0.15) is 0 Å². The number of phenols is 1. The molecule has 0 bridgehead atoms. The highest BCUT2D eigenvalue weighted by molar-refractivity contribution is 6.09. The molecule has 11 nitrogen and oxygen atoms in total. The summed E-state index contributed by atoms with van der Waals surface area (Å²) in [7, 11) is 4.46. The Balaban J connectivity index is 1.74. The molecule has 2 saturated carbocycles. The molecule has 6 N–H and O–H groups in total. The van der Waals surface area contributed by atoms with Gasteiger partial charge in [0.25, 0.3) is 0 Å². The van der Waals surface area contributed by atoms with Crippen molar-refractivity contribution in [2.75, 3.05) is 21.3 Å². The second-order valence-corrected chi connectivity index (χ2v) is 13.4. The lowest BCUT2D eigenvalue weighted by molar-refractivity contribution is -0.265. The summed E-state index contributed by atoms with van der Waals surface area (Å²) >= 11 is 0. The Morgan fingerprint density at radius 1 is 1.02 bits per heavy atom. The molecule has 8 atom stereocenters. The summed E-state index contributed by atoms with van der Waals surface area (Å²) in [5, 5.41) is 46.6. The van der Waals surface area contributed by atoms with Crippen LogP contribution >= 0.6 is 0 Å². The molecule has 0 aromatic heterocycles. The zero-order valence-corrected chi connectivity index (χ0v) is 26.0. The second kappa shape index (κ2) is 10.5. The summed E-state index contributed by atoms with van der Waals surface area (Å²) in [5.41, 5.74) is 2.21. The highest BCUT2D eigenvalue weighted by atomic mass is 16.5. The topological polar surface area (TPSA) is 186 Å². The number of nitrogens with two attached hydrogens (primary N) is 1. The Morgan fingerprint density at radius 3 is 2.11 bits per heavy atom. The van der Waals surface area contributed by atoms with E-state index in [0.717, 1.165) is 0 Å². The summed E-state index contributed by atoms with van der Waals surface area (Å²) in [6, 6.07) is 6.53. The Bertz CT molecular complexity index is 1530. The molecule has 2 aromatic rings. The number of amides is 1. The first-order valence-electron chi connectivity index (χ1n) is 14.7. The Labute approximate surface area is 255 Å². The van der Waals surface area contributed by atoms with E-state index in [1.807, 2.05) is 6.92 Å². The number of aromatic hydroxyl groups is 1. The van der Waals surface area contributed by atoms with Gasteiger partial charge < -0.3 is 40.4 Å². The van der Waals surface area contributed by atoms with Crippen LogP contribution in [0.2, 0.25) is 0 Å².